The van der Waals surface area contributed by atoms with Crippen LogP contribution in [-0.2, 0) is 11.3 Å². The van der Waals surface area contributed by atoms with Gasteiger partial charge < -0.3 is 15.0 Å². The van der Waals surface area contributed by atoms with Gasteiger partial charge in [0, 0.05) is 10.2 Å². The summed E-state index contributed by atoms with van der Waals surface area (Å²) in [6, 6.07) is 5.33. The Morgan fingerprint density at radius 3 is 2.90 bits per heavy atom. The molecule has 0 aliphatic rings. The molecule has 6 heteroatoms. The number of nitrogens with zero attached hydrogens (tertiary/aromatic N) is 1. The number of ether oxygens (including phenoxy) is 1. The summed E-state index contributed by atoms with van der Waals surface area (Å²) >= 11 is 3.45. The Kier molecular flexibility index (Phi) is 4.79. The molecule has 0 bridgehead atoms. The topological polar surface area (TPSA) is 67.0 Å². The summed E-state index contributed by atoms with van der Waals surface area (Å²) in [6.45, 7) is 4.70. The molecule has 106 valence electrons. The average Bonchev–Trinajstić information content (AvgIpc) is 2.83. The van der Waals surface area contributed by atoms with Gasteiger partial charge in [-0.05, 0) is 48.0 Å². The van der Waals surface area contributed by atoms with E-state index in [1.165, 1.54) is 0 Å². The van der Waals surface area contributed by atoms with E-state index in [2.05, 4.69) is 31.2 Å². The number of nitrogens with one attached hydrogen (secondary N) is 2. The summed E-state index contributed by atoms with van der Waals surface area (Å²) < 4.78 is 5.78. The molecule has 2 rings (SSSR count). The Morgan fingerprint density at radius 1 is 1.50 bits per heavy atom. The lowest BCUT2D eigenvalue weighted by Gasteiger charge is -2.09. The fourth-order valence-electron chi connectivity index (χ4n) is 1.75. The van der Waals surface area contributed by atoms with Crippen LogP contribution in [0, 0.1) is 6.92 Å². The molecule has 0 radical (unpaired) electrons. The summed E-state index contributed by atoms with van der Waals surface area (Å²) in [4.78, 5) is 18.9. The number of aryl methyl sites for hydroxylation is 1. The minimum Gasteiger partial charge on any atom is -0.462 e. The van der Waals surface area contributed by atoms with Gasteiger partial charge in [-0.3, -0.25) is 0 Å². The number of aromatic amines is 1. The smallest absolute Gasteiger partial charge is 0.338 e. The van der Waals surface area contributed by atoms with Crippen molar-refractivity contribution in [3.63, 3.8) is 0 Å². The van der Waals surface area contributed by atoms with Gasteiger partial charge in [-0.15, -0.1) is 0 Å². The zero-order valence-electron chi connectivity index (χ0n) is 11.4. The number of H-pyrrole nitrogens is 1. The molecule has 0 fully saturated rings. The first-order valence-electron chi connectivity index (χ1n) is 6.31. The molecule has 2 N–H and O–H groups in total. The minimum absolute atomic E-state index is 0.316. The molecular formula is C14H16BrN3O2. The molecule has 0 saturated heterocycles. The van der Waals surface area contributed by atoms with Crippen LogP contribution < -0.4 is 5.32 Å². The van der Waals surface area contributed by atoms with Crippen LogP contribution in [0.3, 0.4) is 0 Å². The number of aromatic nitrogens is 2. The van der Waals surface area contributed by atoms with Gasteiger partial charge in [0.2, 0.25) is 0 Å². The summed E-state index contributed by atoms with van der Waals surface area (Å²) in [5.41, 5.74) is 2.44. The molecule has 1 heterocycles. The van der Waals surface area contributed by atoms with E-state index in [0.29, 0.717) is 18.7 Å². The van der Waals surface area contributed by atoms with Crippen LogP contribution in [0.25, 0.3) is 0 Å². The van der Waals surface area contributed by atoms with Crippen molar-refractivity contribution in [2.45, 2.75) is 20.4 Å². The minimum atomic E-state index is -0.316. The van der Waals surface area contributed by atoms with Crippen molar-refractivity contribution >= 4 is 27.6 Å². The first-order valence-corrected chi connectivity index (χ1v) is 7.10. The van der Waals surface area contributed by atoms with Crippen LogP contribution in [0.4, 0.5) is 5.69 Å². The van der Waals surface area contributed by atoms with Gasteiger partial charge in [0.25, 0.3) is 0 Å². The Hall–Kier alpha value is -1.82. The van der Waals surface area contributed by atoms with Crippen LogP contribution in [0.15, 0.2) is 28.9 Å². The lowest BCUT2D eigenvalue weighted by atomic mass is 10.2. The summed E-state index contributed by atoms with van der Waals surface area (Å²) in [5, 5.41) is 3.27. The highest BCUT2D eigenvalue weighted by atomic mass is 79.9. The van der Waals surface area contributed by atoms with Crippen LogP contribution in [0.5, 0.6) is 0 Å². The number of halogens is 1. The summed E-state index contributed by atoms with van der Waals surface area (Å²) in [5.74, 6) is 0.572. The fourth-order valence-corrected chi connectivity index (χ4v) is 2.27. The second kappa shape index (κ2) is 6.56. The van der Waals surface area contributed by atoms with Gasteiger partial charge >= 0.3 is 5.97 Å². The molecule has 1 aromatic carbocycles. The fraction of sp³-hybridized carbons (Fsp3) is 0.286. The van der Waals surface area contributed by atoms with Crippen molar-refractivity contribution in [2.24, 2.45) is 0 Å². The number of hydrogen-bond donors (Lipinski definition) is 2. The number of benzene rings is 1. The molecule has 0 spiro atoms. The first kappa shape index (κ1) is 14.6. The maximum absolute atomic E-state index is 11.6. The molecule has 20 heavy (non-hydrogen) atoms. The van der Waals surface area contributed by atoms with Crippen LogP contribution in [-0.4, -0.2) is 22.5 Å². The van der Waals surface area contributed by atoms with Crippen molar-refractivity contribution < 1.29 is 9.53 Å². The summed E-state index contributed by atoms with van der Waals surface area (Å²) in [7, 11) is 0. The monoisotopic (exact) mass is 337 g/mol. The van der Waals surface area contributed by atoms with Crippen molar-refractivity contribution in [3.8, 4) is 0 Å². The van der Waals surface area contributed by atoms with E-state index in [4.69, 9.17) is 4.74 Å². The Balaban J connectivity index is 2.04. The SMILES string of the molecule is CCOC(=O)c1ccc(NCc2cnc(C)[nH]2)c(Br)c1. The normalized spacial score (nSPS) is 10.3. The van der Waals surface area contributed by atoms with Crippen LogP contribution in [0.1, 0.15) is 28.8 Å². The van der Waals surface area contributed by atoms with E-state index < -0.39 is 0 Å². The van der Waals surface area contributed by atoms with E-state index in [1.54, 1.807) is 25.3 Å². The molecule has 0 saturated carbocycles. The van der Waals surface area contributed by atoms with Crippen LogP contribution >= 0.6 is 15.9 Å². The number of hydrogen-bond acceptors (Lipinski definition) is 4. The van der Waals surface area contributed by atoms with E-state index in [0.717, 1.165) is 21.7 Å². The van der Waals surface area contributed by atoms with Gasteiger partial charge in [-0.2, -0.15) is 0 Å². The first-order chi connectivity index (χ1) is 9.60. The van der Waals surface area contributed by atoms with Crippen molar-refractivity contribution in [1.29, 1.82) is 0 Å². The predicted octanol–water partition coefficient (Wildman–Crippen LogP) is 3.27. The number of carbonyl (C=O) groups is 1. The number of anilines is 1. The molecule has 2 aromatic rings. The lowest BCUT2D eigenvalue weighted by molar-refractivity contribution is 0.0526. The Bertz CT molecular complexity index is 610. The highest BCUT2D eigenvalue weighted by Gasteiger charge is 2.09. The third-order valence-electron chi connectivity index (χ3n) is 2.71. The molecule has 0 aliphatic heterocycles. The maximum atomic E-state index is 11.6. The zero-order valence-corrected chi connectivity index (χ0v) is 13.0. The van der Waals surface area contributed by atoms with Gasteiger partial charge in [0.1, 0.15) is 5.82 Å². The molecule has 0 aliphatic carbocycles. The largest absolute Gasteiger partial charge is 0.462 e. The lowest BCUT2D eigenvalue weighted by Crippen LogP contribution is -2.06. The third-order valence-corrected chi connectivity index (χ3v) is 3.36. The standard InChI is InChI=1S/C14H16BrN3O2/c1-3-20-14(19)10-4-5-13(12(15)6-10)17-8-11-7-16-9(2)18-11/h4-7,17H,3,8H2,1-2H3,(H,16,18). The quantitative estimate of drug-likeness (QED) is 0.821. The number of esters is 1. The number of carbonyl (C=O) groups excluding carboxylic acids is 1. The molecule has 0 unspecified atom stereocenters. The maximum Gasteiger partial charge on any atom is 0.338 e. The van der Waals surface area contributed by atoms with Crippen LogP contribution in [0.2, 0.25) is 0 Å². The van der Waals surface area contributed by atoms with Gasteiger partial charge in [0.15, 0.2) is 0 Å². The third kappa shape index (κ3) is 3.60. The Morgan fingerprint density at radius 2 is 2.30 bits per heavy atom. The molecule has 0 atom stereocenters. The highest BCUT2D eigenvalue weighted by molar-refractivity contribution is 9.10. The van der Waals surface area contributed by atoms with Gasteiger partial charge in [-0.25, -0.2) is 9.78 Å². The Labute approximate surface area is 125 Å². The van der Waals surface area contributed by atoms with Gasteiger partial charge in [-0.1, -0.05) is 0 Å². The molecule has 1 aromatic heterocycles. The highest BCUT2D eigenvalue weighted by Crippen LogP contribution is 2.24. The second-order valence-corrected chi connectivity index (χ2v) is 5.12. The average molecular weight is 338 g/mol. The van der Waals surface area contributed by atoms with E-state index in [1.807, 2.05) is 13.0 Å². The molecule has 0 amide bonds. The summed E-state index contributed by atoms with van der Waals surface area (Å²) in [6.07, 6.45) is 1.79. The predicted molar refractivity (Wildman–Crippen MR) is 80.7 cm³/mol. The second-order valence-electron chi connectivity index (χ2n) is 4.26. The van der Waals surface area contributed by atoms with Crippen molar-refractivity contribution in [2.75, 3.05) is 11.9 Å². The molecular weight excluding hydrogens is 322 g/mol. The van der Waals surface area contributed by atoms with Gasteiger partial charge in [0.05, 0.1) is 30.6 Å². The van der Waals surface area contributed by atoms with E-state index >= 15 is 0 Å². The van der Waals surface area contributed by atoms with Crippen molar-refractivity contribution in [1.82, 2.24) is 9.97 Å². The number of rotatable bonds is 5. The number of imidazole rings is 1. The van der Waals surface area contributed by atoms with E-state index in [9.17, 15) is 4.79 Å². The van der Waals surface area contributed by atoms with Crippen molar-refractivity contribution in [3.05, 3.63) is 46.0 Å². The molecule has 5 nitrogen and oxygen atoms in total. The van der Waals surface area contributed by atoms with E-state index in [-0.39, 0.29) is 5.97 Å². The zero-order chi connectivity index (χ0) is 14.5.